The smallest absolute Gasteiger partial charge is 0.550 e. The largest absolute Gasteiger partial charge is 3.00 e. The molecule has 0 bridgehead atoms. The van der Waals surface area contributed by atoms with E-state index in [-0.39, 0.29) is 39.1 Å². The molecule has 0 aromatic rings. The summed E-state index contributed by atoms with van der Waals surface area (Å²) in [7, 11) is 0. The number of aliphatic carboxylic acids is 3. The van der Waals surface area contributed by atoms with Gasteiger partial charge in [-0.1, -0.05) is 40.0 Å². The van der Waals surface area contributed by atoms with E-state index in [0.717, 1.165) is 0 Å². The van der Waals surface area contributed by atoms with E-state index in [1.165, 1.54) is 0 Å². The van der Waals surface area contributed by atoms with E-state index >= 15 is 0 Å². The van der Waals surface area contributed by atoms with Crippen molar-refractivity contribution >= 4 is 17.9 Å². The molecule has 7 heteroatoms. The summed E-state index contributed by atoms with van der Waals surface area (Å²) in [5, 5.41) is 28.5. The number of carboxylic acids is 3. The number of hydrogen-bond acceptors (Lipinski definition) is 6. The molecule has 1 radical (unpaired) electrons. The van der Waals surface area contributed by atoms with Crippen molar-refractivity contribution in [2.45, 2.75) is 59.3 Å². The monoisotopic (exact) mass is 453 g/mol. The molecule has 0 aromatic heterocycles. The summed E-state index contributed by atoms with van der Waals surface area (Å²) in [6, 6.07) is 0. The Hall–Kier alpha value is -0.954. The maximum absolute atomic E-state index is 9.49. The molecule has 0 spiro atoms. The summed E-state index contributed by atoms with van der Waals surface area (Å²) < 4.78 is 0. The topological polar surface area (TPSA) is 120 Å². The molecule has 113 valence electrons. The van der Waals surface area contributed by atoms with Crippen molar-refractivity contribution in [3.05, 3.63) is 0 Å². The standard InChI is InChI=1S/3C4H8O2.Os/c3*1-2-3-4(5)6;/h3*2-3H2,1H3,(H,5,6);/q;;;+3/p-3. The van der Waals surface area contributed by atoms with Crippen LogP contribution in [0.2, 0.25) is 0 Å². The van der Waals surface area contributed by atoms with Crippen LogP contribution in [-0.4, -0.2) is 17.9 Å². The predicted molar refractivity (Wildman–Crippen MR) is 59.7 cm³/mol. The molecule has 0 saturated heterocycles. The van der Waals surface area contributed by atoms with Crippen molar-refractivity contribution in [1.82, 2.24) is 0 Å². The first-order chi connectivity index (χ1) is 8.31. The van der Waals surface area contributed by atoms with E-state index in [4.69, 9.17) is 0 Å². The van der Waals surface area contributed by atoms with Gasteiger partial charge in [-0.15, -0.1) is 0 Å². The van der Waals surface area contributed by atoms with Crippen LogP contribution in [0.5, 0.6) is 0 Å². The van der Waals surface area contributed by atoms with Crippen LogP contribution in [-0.2, 0) is 34.2 Å². The van der Waals surface area contributed by atoms with Gasteiger partial charge in [0.15, 0.2) is 0 Å². The third kappa shape index (κ3) is 59.6. The van der Waals surface area contributed by atoms with Crippen molar-refractivity contribution in [3.8, 4) is 0 Å². The number of carbonyl (C=O) groups excluding carboxylic acids is 3. The van der Waals surface area contributed by atoms with Crippen molar-refractivity contribution < 1.29 is 49.5 Å². The zero-order chi connectivity index (χ0) is 15.0. The van der Waals surface area contributed by atoms with E-state index in [9.17, 15) is 29.7 Å². The Labute approximate surface area is 127 Å². The minimum Gasteiger partial charge on any atom is -0.550 e. The van der Waals surface area contributed by atoms with Gasteiger partial charge in [0.1, 0.15) is 0 Å². The predicted octanol–water partition coefficient (Wildman–Crippen LogP) is -1.39. The number of carboxylic acid groups (broad SMARTS) is 3. The molecule has 0 aliphatic carbocycles. The van der Waals surface area contributed by atoms with Crippen LogP contribution in [0.25, 0.3) is 0 Å². The Morgan fingerprint density at radius 2 is 0.789 bits per heavy atom. The molecule has 6 nitrogen and oxygen atoms in total. The molecule has 19 heavy (non-hydrogen) atoms. The normalized spacial score (nSPS) is 7.74. The Kier molecular flexibility index (Phi) is 31.1. The summed E-state index contributed by atoms with van der Waals surface area (Å²) in [6.45, 7) is 5.40. The van der Waals surface area contributed by atoms with Crippen molar-refractivity contribution in [3.63, 3.8) is 0 Å². The Morgan fingerprint density at radius 1 is 0.632 bits per heavy atom. The average molecular weight is 452 g/mol. The fourth-order valence-corrected chi connectivity index (χ4v) is 0.612. The zero-order valence-corrected chi connectivity index (χ0v) is 14.1. The molecule has 0 heterocycles. The summed E-state index contributed by atoms with van der Waals surface area (Å²) in [5.41, 5.74) is 0. The Bertz CT molecular complexity index is 192. The van der Waals surface area contributed by atoms with Gasteiger partial charge in [0.2, 0.25) is 0 Å². The van der Waals surface area contributed by atoms with Crippen LogP contribution in [0.3, 0.4) is 0 Å². The van der Waals surface area contributed by atoms with Crippen LogP contribution >= 0.6 is 0 Å². The molecular formula is C12H21O6Os. The molecule has 0 aliphatic heterocycles. The fraction of sp³-hybridized carbons (Fsp3) is 0.750. The first-order valence-electron chi connectivity index (χ1n) is 5.91. The molecule has 0 rings (SSSR count). The van der Waals surface area contributed by atoms with E-state index in [1.807, 2.05) is 0 Å². The maximum Gasteiger partial charge on any atom is 3.00 e. The van der Waals surface area contributed by atoms with Gasteiger partial charge in [-0.25, -0.2) is 0 Å². The zero-order valence-electron chi connectivity index (χ0n) is 11.5. The van der Waals surface area contributed by atoms with Crippen molar-refractivity contribution in [2.24, 2.45) is 0 Å². The molecular weight excluding hydrogens is 430 g/mol. The van der Waals surface area contributed by atoms with Crippen LogP contribution in [0.15, 0.2) is 0 Å². The molecule has 0 aromatic carbocycles. The quantitative estimate of drug-likeness (QED) is 0.490. The maximum atomic E-state index is 9.49. The van der Waals surface area contributed by atoms with Gasteiger partial charge < -0.3 is 29.7 Å². The molecule has 0 N–H and O–H groups in total. The fourth-order valence-electron chi connectivity index (χ4n) is 0.612. The number of carbonyl (C=O) groups is 3. The molecule has 0 unspecified atom stereocenters. The minimum atomic E-state index is -0.961. The van der Waals surface area contributed by atoms with Gasteiger partial charge >= 0.3 is 19.8 Å². The van der Waals surface area contributed by atoms with Gasteiger partial charge in [-0.2, -0.15) is 0 Å². The second kappa shape index (κ2) is 22.2. The SMILES string of the molecule is CCCC(=O)[O-].CCCC(=O)[O-].CCCC(=O)[O-].[Os+3]. The number of rotatable bonds is 6. The van der Waals surface area contributed by atoms with Gasteiger partial charge in [0.05, 0.1) is 0 Å². The van der Waals surface area contributed by atoms with E-state index < -0.39 is 17.9 Å². The summed E-state index contributed by atoms with van der Waals surface area (Å²) in [4.78, 5) is 28.5. The van der Waals surface area contributed by atoms with E-state index in [1.54, 1.807) is 20.8 Å². The summed E-state index contributed by atoms with van der Waals surface area (Å²) in [6.07, 6.45) is 2.55. The molecule has 0 fully saturated rings. The first-order valence-corrected chi connectivity index (χ1v) is 5.91. The van der Waals surface area contributed by atoms with Crippen LogP contribution < -0.4 is 15.3 Å². The summed E-state index contributed by atoms with van der Waals surface area (Å²) in [5.74, 6) is -2.88. The molecule has 0 aliphatic rings. The van der Waals surface area contributed by atoms with E-state index in [0.29, 0.717) is 19.3 Å². The summed E-state index contributed by atoms with van der Waals surface area (Å²) >= 11 is 0. The third-order valence-corrected chi connectivity index (χ3v) is 1.36. The molecule has 0 atom stereocenters. The van der Waals surface area contributed by atoms with Gasteiger partial charge in [-0.3, -0.25) is 0 Å². The molecule has 0 amide bonds. The van der Waals surface area contributed by atoms with Crippen molar-refractivity contribution in [1.29, 1.82) is 0 Å². The van der Waals surface area contributed by atoms with Gasteiger partial charge in [-0.05, 0) is 19.3 Å². The average Bonchev–Trinajstić information content (AvgIpc) is 2.18. The third-order valence-electron chi connectivity index (χ3n) is 1.36. The van der Waals surface area contributed by atoms with Crippen LogP contribution in [0.4, 0.5) is 0 Å². The second-order valence-electron chi connectivity index (χ2n) is 3.37. The Morgan fingerprint density at radius 3 is 0.789 bits per heavy atom. The van der Waals surface area contributed by atoms with Gasteiger partial charge in [0, 0.05) is 17.9 Å². The number of hydrogen-bond donors (Lipinski definition) is 0. The first kappa shape index (κ1) is 26.6. The van der Waals surface area contributed by atoms with Crippen molar-refractivity contribution in [2.75, 3.05) is 0 Å². The van der Waals surface area contributed by atoms with E-state index in [2.05, 4.69) is 0 Å². The second-order valence-corrected chi connectivity index (χ2v) is 3.37. The minimum absolute atomic E-state index is 0. The van der Waals surface area contributed by atoms with Gasteiger partial charge in [0.25, 0.3) is 0 Å². The molecule has 0 saturated carbocycles. The van der Waals surface area contributed by atoms with Crippen LogP contribution in [0.1, 0.15) is 59.3 Å². The van der Waals surface area contributed by atoms with Crippen LogP contribution in [0, 0.1) is 0 Å². The Balaban J connectivity index is -0.0000000865.